The van der Waals surface area contributed by atoms with Crippen LogP contribution in [0.5, 0.6) is 0 Å². The monoisotopic (exact) mass is 450 g/mol. The molecule has 0 aliphatic carbocycles. The first kappa shape index (κ1) is 23.5. The van der Waals surface area contributed by atoms with Crippen molar-refractivity contribution in [2.75, 3.05) is 0 Å². The molecular formula is C33H26N2. The van der Waals surface area contributed by atoms with Crippen LogP contribution in [0.15, 0.2) is 97.1 Å². The van der Waals surface area contributed by atoms with Gasteiger partial charge < -0.3 is 0 Å². The van der Waals surface area contributed by atoms with Crippen LogP contribution >= 0.6 is 0 Å². The van der Waals surface area contributed by atoms with Crippen LogP contribution in [0.2, 0.25) is 0 Å². The standard InChI is InChI=1S/C33H26N2/c1-33(2,30-18-12-26(13-19-30)5-4-25-8-10-29(24-34)11-9-25)31-20-14-27(15-21-31)6-7-28-16-22-32(35-3)23-17-28/h4-23H,1-2H3. The molecular weight excluding hydrogens is 424 g/mol. The Morgan fingerprint density at radius 2 is 0.943 bits per heavy atom. The van der Waals surface area contributed by atoms with Gasteiger partial charge in [-0.15, -0.1) is 0 Å². The highest BCUT2D eigenvalue weighted by atomic mass is 14.6. The van der Waals surface area contributed by atoms with Crippen molar-refractivity contribution in [3.05, 3.63) is 147 Å². The van der Waals surface area contributed by atoms with Crippen LogP contribution in [0, 0.1) is 17.9 Å². The minimum Gasteiger partial charge on any atom is -0.238 e. The van der Waals surface area contributed by atoms with Crippen molar-refractivity contribution < 1.29 is 0 Å². The molecule has 4 rings (SSSR count). The summed E-state index contributed by atoms with van der Waals surface area (Å²) in [7, 11) is 0. The molecule has 0 unspecified atom stereocenters. The fourth-order valence-electron chi connectivity index (χ4n) is 3.90. The first-order chi connectivity index (χ1) is 17.0. The number of rotatable bonds is 6. The summed E-state index contributed by atoms with van der Waals surface area (Å²) in [6, 6.07) is 34.7. The molecule has 0 heterocycles. The van der Waals surface area contributed by atoms with Gasteiger partial charge in [0.25, 0.3) is 0 Å². The van der Waals surface area contributed by atoms with Gasteiger partial charge in [-0.05, 0) is 45.5 Å². The minimum absolute atomic E-state index is 0.118. The van der Waals surface area contributed by atoms with E-state index < -0.39 is 0 Å². The zero-order valence-electron chi connectivity index (χ0n) is 19.9. The first-order valence-corrected chi connectivity index (χ1v) is 11.5. The van der Waals surface area contributed by atoms with Gasteiger partial charge in [0, 0.05) is 5.41 Å². The highest BCUT2D eigenvalue weighted by Crippen LogP contribution is 2.32. The molecule has 0 amide bonds. The summed E-state index contributed by atoms with van der Waals surface area (Å²) < 4.78 is 0. The Hall–Kier alpha value is -4.66. The zero-order chi connectivity index (χ0) is 24.7. The highest BCUT2D eigenvalue weighted by molar-refractivity contribution is 5.71. The second-order valence-electron chi connectivity index (χ2n) is 8.97. The molecule has 2 heteroatoms. The van der Waals surface area contributed by atoms with E-state index in [0.717, 1.165) is 22.3 Å². The van der Waals surface area contributed by atoms with Crippen LogP contribution in [0.25, 0.3) is 29.1 Å². The Balaban J connectivity index is 1.44. The molecule has 35 heavy (non-hydrogen) atoms. The lowest BCUT2D eigenvalue weighted by Crippen LogP contribution is -2.18. The molecule has 0 saturated heterocycles. The summed E-state index contributed by atoms with van der Waals surface area (Å²) in [4.78, 5) is 3.43. The highest BCUT2D eigenvalue weighted by Gasteiger charge is 2.22. The Morgan fingerprint density at radius 1 is 0.600 bits per heavy atom. The zero-order valence-corrected chi connectivity index (χ0v) is 19.9. The summed E-state index contributed by atoms with van der Waals surface area (Å²) in [5.41, 5.74) is 8.16. The average molecular weight is 451 g/mol. The molecule has 0 fully saturated rings. The van der Waals surface area contributed by atoms with Crippen molar-refractivity contribution >= 4 is 30.0 Å². The normalized spacial score (nSPS) is 11.4. The second-order valence-corrected chi connectivity index (χ2v) is 8.97. The third kappa shape index (κ3) is 5.83. The molecule has 4 aromatic rings. The predicted octanol–water partition coefficient (Wildman–Crippen LogP) is 8.78. The number of nitrogens with zero attached hydrogens (tertiary/aromatic N) is 2. The molecule has 0 radical (unpaired) electrons. The Kier molecular flexibility index (Phi) is 7.06. The number of nitriles is 1. The lowest BCUT2D eigenvalue weighted by molar-refractivity contribution is 0.641. The summed E-state index contributed by atoms with van der Waals surface area (Å²) in [5, 5.41) is 8.93. The molecule has 0 saturated carbocycles. The maximum Gasteiger partial charge on any atom is 0.187 e. The molecule has 0 N–H and O–H groups in total. The molecule has 2 nitrogen and oxygen atoms in total. The maximum absolute atomic E-state index is 8.93. The fraction of sp³-hybridized carbons (Fsp3) is 0.0909. The van der Waals surface area contributed by atoms with E-state index in [1.165, 1.54) is 11.1 Å². The molecule has 0 aromatic heterocycles. The van der Waals surface area contributed by atoms with Crippen molar-refractivity contribution in [1.29, 1.82) is 5.26 Å². The number of hydrogen-bond acceptors (Lipinski definition) is 1. The topological polar surface area (TPSA) is 28.1 Å². The van der Waals surface area contributed by atoms with Crippen LogP contribution in [0.4, 0.5) is 5.69 Å². The minimum atomic E-state index is -0.118. The fourth-order valence-corrected chi connectivity index (χ4v) is 3.90. The summed E-state index contributed by atoms with van der Waals surface area (Å²) >= 11 is 0. The van der Waals surface area contributed by atoms with Gasteiger partial charge in [0.2, 0.25) is 0 Å². The number of benzene rings is 4. The molecule has 0 aliphatic rings. The maximum atomic E-state index is 8.93. The molecule has 168 valence electrons. The van der Waals surface area contributed by atoms with E-state index in [1.807, 2.05) is 48.5 Å². The van der Waals surface area contributed by atoms with Gasteiger partial charge in [-0.1, -0.05) is 123 Å². The quantitative estimate of drug-likeness (QED) is 0.213. The van der Waals surface area contributed by atoms with Crippen LogP contribution in [0.3, 0.4) is 0 Å². The third-order valence-corrected chi connectivity index (χ3v) is 6.26. The van der Waals surface area contributed by atoms with E-state index in [-0.39, 0.29) is 5.41 Å². The van der Waals surface area contributed by atoms with Crippen molar-refractivity contribution in [1.82, 2.24) is 0 Å². The van der Waals surface area contributed by atoms with Crippen molar-refractivity contribution in [3.8, 4) is 6.07 Å². The smallest absolute Gasteiger partial charge is 0.187 e. The van der Waals surface area contributed by atoms with Crippen LogP contribution in [0.1, 0.15) is 52.8 Å². The third-order valence-electron chi connectivity index (χ3n) is 6.26. The van der Waals surface area contributed by atoms with E-state index in [4.69, 9.17) is 11.8 Å². The van der Waals surface area contributed by atoms with Crippen molar-refractivity contribution in [3.63, 3.8) is 0 Å². The largest absolute Gasteiger partial charge is 0.238 e. The molecule has 0 bridgehead atoms. The lowest BCUT2D eigenvalue weighted by Gasteiger charge is -2.26. The SMILES string of the molecule is [C-]#[N+]c1ccc(C=Cc2ccc(C(C)(C)c3ccc(C=Cc4ccc(C#N)cc4)cc3)cc2)cc1. The van der Waals surface area contributed by atoms with E-state index in [9.17, 15) is 0 Å². The van der Waals surface area contributed by atoms with Crippen molar-refractivity contribution in [2.24, 2.45) is 0 Å². The van der Waals surface area contributed by atoms with Crippen LogP contribution in [-0.4, -0.2) is 0 Å². The molecule has 4 aromatic carbocycles. The molecule has 0 atom stereocenters. The molecule has 0 spiro atoms. The van der Waals surface area contributed by atoms with Gasteiger partial charge in [0.1, 0.15) is 0 Å². The van der Waals surface area contributed by atoms with E-state index in [1.54, 1.807) is 0 Å². The average Bonchev–Trinajstić information content (AvgIpc) is 2.92. The Labute approximate surface area is 208 Å². The number of hydrogen-bond donors (Lipinski definition) is 0. The van der Waals surface area contributed by atoms with Gasteiger partial charge in [0.05, 0.1) is 18.2 Å². The second kappa shape index (κ2) is 10.5. The lowest BCUT2D eigenvalue weighted by atomic mass is 9.78. The summed E-state index contributed by atoms with van der Waals surface area (Å²) in [6.07, 6.45) is 8.32. The van der Waals surface area contributed by atoms with Crippen LogP contribution in [-0.2, 0) is 5.41 Å². The Bertz CT molecular complexity index is 1310. The Morgan fingerprint density at radius 3 is 1.29 bits per heavy atom. The van der Waals surface area contributed by atoms with Gasteiger partial charge in [-0.2, -0.15) is 5.26 Å². The summed E-state index contributed by atoms with van der Waals surface area (Å²) in [5.74, 6) is 0. The van der Waals surface area contributed by atoms with E-state index in [0.29, 0.717) is 11.3 Å². The van der Waals surface area contributed by atoms with Crippen molar-refractivity contribution in [2.45, 2.75) is 19.3 Å². The first-order valence-electron chi connectivity index (χ1n) is 11.5. The summed E-state index contributed by atoms with van der Waals surface area (Å²) in [6.45, 7) is 11.5. The van der Waals surface area contributed by atoms with E-state index in [2.05, 4.69) is 97.6 Å². The molecule has 0 aliphatic heterocycles. The van der Waals surface area contributed by atoms with E-state index >= 15 is 0 Å². The van der Waals surface area contributed by atoms with Gasteiger partial charge >= 0.3 is 0 Å². The van der Waals surface area contributed by atoms with Gasteiger partial charge in [0.15, 0.2) is 5.69 Å². The van der Waals surface area contributed by atoms with Gasteiger partial charge in [-0.25, -0.2) is 4.85 Å². The van der Waals surface area contributed by atoms with Crippen LogP contribution < -0.4 is 0 Å². The predicted molar refractivity (Wildman–Crippen MR) is 147 cm³/mol. The van der Waals surface area contributed by atoms with Gasteiger partial charge in [-0.3, -0.25) is 0 Å².